The van der Waals surface area contributed by atoms with Crippen molar-refractivity contribution < 1.29 is 42.6 Å². The minimum atomic E-state index is -1.61. The zero-order valence-corrected chi connectivity index (χ0v) is 24.6. The Kier molecular flexibility index (Phi) is 8.50. The number of hydrogen-bond acceptors (Lipinski definition) is 10. The predicted octanol–water partition coefficient (Wildman–Crippen LogP) is 6.39. The topological polar surface area (TPSA) is 133 Å². The van der Waals surface area contributed by atoms with Gasteiger partial charge in [0, 0.05) is 54.6 Å². The van der Waals surface area contributed by atoms with Crippen LogP contribution in [-0.4, -0.2) is 71.2 Å². The van der Waals surface area contributed by atoms with Gasteiger partial charge in [-0.3, -0.25) is 4.90 Å². The van der Waals surface area contributed by atoms with Crippen LogP contribution < -0.4 is 0 Å². The van der Waals surface area contributed by atoms with Gasteiger partial charge in [0.05, 0.1) is 13.2 Å². The van der Waals surface area contributed by atoms with Gasteiger partial charge in [0.25, 0.3) is 11.7 Å². The maximum atomic E-state index is 14.9. The smallest absolute Gasteiger partial charge is 0.450 e. The SMILES string of the molecule is CC1(COC(=O)OC2(OC(=O)O)CCN(Cc3ccc(-c4noc(-c5ccc(-c6ccccc6)c(F)c5)n4)cc3)CC2)COC1. The Balaban J connectivity index is 1.04. The minimum absolute atomic E-state index is 0.114. The van der Waals surface area contributed by atoms with Crippen LogP contribution in [0.4, 0.5) is 14.0 Å². The molecule has 0 spiro atoms. The molecule has 1 aromatic heterocycles. The van der Waals surface area contributed by atoms with Gasteiger partial charge in [0.15, 0.2) is 0 Å². The fourth-order valence-electron chi connectivity index (χ4n) is 5.36. The Morgan fingerprint density at radius 3 is 2.31 bits per heavy atom. The van der Waals surface area contributed by atoms with Crippen molar-refractivity contribution in [3.63, 3.8) is 0 Å². The number of piperidine rings is 1. The van der Waals surface area contributed by atoms with E-state index in [2.05, 4.69) is 15.0 Å². The zero-order chi connectivity index (χ0) is 31.4. The van der Waals surface area contributed by atoms with Gasteiger partial charge >= 0.3 is 12.3 Å². The van der Waals surface area contributed by atoms with Gasteiger partial charge in [-0.2, -0.15) is 4.98 Å². The third-order valence-electron chi connectivity index (χ3n) is 7.95. The quantitative estimate of drug-likeness (QED) is 0.165. The average molecular weight is 618 g/mol. The van der Waals surface area contributed by atoms with E-state index in [1.165, 1.54) is 6.07 Å². The fourth-order valence-corrected chi connectivity index (χ4v) is 5.36. The fraction of sp³-hybridized carbons (Fsp3) is 0.333. The molecule has 0 saturated carbocycles. The van der Waals surface area contributed by atoms with E-state index < -0.39 is 18.1 Å². The molecule has 0 unspecified atom stereocenters. The zero-order valence-electron chi connectivity index (χ0n) is 24.6. The molecule has 3 aromatic carbocycles. The summed E-state index contributed by atoms with van der Waals surface area (Å²) in [7, 11) is 0. The summed E-state index contributed by atoms with van der Waals surface area (Å²) in [6.07, 6.45) is -2.17. The second-order valence-electron chi connectivity index (χ2n) is 11.7. The van der Waals surface area contributed by atoms with Crippen molar-refractivity contribution in [2.75, 3.05) is 32.9 Å². The Bertz CT molecular complexity index is 1650. The Morgan fingerprint density at radius 1 is 0.956 bits per heavy atom. The molecule has 0 aliphatic carbocycles. The maximum absolute atomic E-state index is 14.9. The first-order chi connectivity index (χ1) is 21.7. The lowest BCUT2D eigenvalue weighted by Gasteiger charge is -2.40. The molecule has 2 fully saturated rings. The van der Waals surface area contributed by atoms with Crippen LogP contribution in [0, 0.1) is 11.2 Å². The summed E-state index contributed by atoms with van der Waals surface area (Å²) in [5.41, 5.74) is 3.22. The number of aromatic nitrogens is 2. The van der Waals surface area contributed by atoms with Gasteiger partial charge in [-0.15, -0.1) is 0 Å². The average Bonchev–Trinajstić information content (AvgIpc) is 3.51. The molecule has 2 aliphatic rings. The monoisotopic (exact) mass is 617 g/mol. The second-order valence-corrected chi connectivity index (χ2v) is 11.7. The van der Waals surface area contributed by atoms with E-state index in [4.69, 9.17) is 23.5 Å². The minimum Gasteiger partial charge on any atom is -0.450 e. The highest BCUT2D eigenvalue weighted by molar-refractivity contribution is 5.69. The van der Waals surface area contributed by atoms with Gasteiger partial charge in [-0.25, -0.2) is 14.0 Å². The predicted molar refractivity (Wildman–Crippen MR) is 158 cm³/mol. The first-order valence-corrected chi connectivity index (χ1v) is 14.6. The molecular formula is C33H32FN3O8. The molecule has 6 rings (SSSR count). The Labute approximate surface area is 258 Å². The van der Waals surface area contributed by atoms with E-state index in [1.54, 1.807) is 12.1 Å². The van der Waals surface area contributed by atoms with Crippen molar-refractivity contribution in [1.29, 1.82) is 0 Å². The second kappa shape index (κ2) is 12.7. The highest BCUT2D eigenvalue weighted by Crippen LogP contribution is 2.32. The van der Waals surface area contributed by atoms with Gasteiger partial charge in [0.2, 0.25) is 5.82 Å². The van der Waals surface area contributed by atoms with E-state index in [0.717, 1.165) is 16.7 Å². The molecule has 0 atom stereocenters. The van der Waals surface area contributed by atoms with E-state index in [9.17, 15) is 19.1 Å². The summed E-state index contributed by atoms with van der Waals surface area (Å²) >= 11 is 0. The molecule has 234 valence electrons. The summed E-state index contributed by atoms with van der Waals surface area (Å²) < 4.78 is 41.1. The first-order valence-electron chi connectivity index (χ1n) is 14.6. The highest BCUT2D eigenvalue weighted by atomic mass is 19.1. The van der Waals surface area contributed by atoms with Crippen LogP contribution in [0.25, 0.3) is 34.0 Å². The highest BCUT2D eigenvalue weighted by Gasteiger charge is 2.44. The normalized spacial score (nSPS) is 17.2. The van der Waals surface area contributed by atoms with Crippen LogP contribution >= 0.6 is 0 Å². The van der Waals surface area contributed by atoms with Crippen molar-refractivity contribution in [2.45, 2.75) is 32.1 Å². The molecule has 2 saturated heterocycles. The molecule has 3 heterocycles. The summed E-state index contributed by atoms with van der Waals surface area (Å²) in [6.45, 7) is 4.44. The van der Waals surface area contributed by atoms with Gasteiger partial charge in [0.1, 0.15) is 12.4 Å². The molecule has 0 amide bonds. The number of carboxylic acid groups (broad SMARTS) is 1. The molecule has 2 aliphatic heterocycles. The molecule has 1 N–H and O–H groups in total. The molecular weight excluding hydrogens is 585 g/mol. The van der Waals surface area contributed by atoms with E-state index in [0.29, 0.717) is 49.8 Å². The van der Waals surface area contributed by atoms with E-state index in [1.807, 2.05) is 61.5 Å². The number of nitrogens with zero attached hydrogens (tertiary/aromatic N) is 3. The standard InChI is InChI=1S/C33H32FN3O8/c1-32(19-41-20-32)21-42-31(40)44-33(43-30(38)39)13-15-37(16-14-33)18-22-7-9-24(10-8-22)28-35-29(45-36-28)25-11-12-26(27(34)17-25)23-5-3-2-4-6-23/h2-12,17H,13-16,18-21H2,1H3,(H,38,39). The van der Waals surface area contributed by atoms with E-state index in [-0.39, 0.29) is 36.6 Å². The van der Waals surface area contributed by atoms with Crippen LogP contribution in [0.1, 0.15) is 25.3 Å². The van der Waals surface area contributed by atoms with Crippen molar-refractivity contribution in [2.24, 2.45) is 5.41 Å². The third-order valence-corrected chi connectivity index (χ3v) is 7.95. The lowest BCUT2D eigenvalue weighted by atomic mass is 9.90. The van der Waals surface area contributed by atoms with Crippen LogP contribution in [0.3, 0.4) is 0 Å². The summed E-state index contributed by atoms with van der Waals surface area (Å²) in [4.78, 5) is 30.3. The Hall–Kier alpha value is -4.81. The molecule has 12 heteroatoms. The number of benzene rings is 3. The Morgan fingerprint density at radius 2 is 1.67 bits per heavy atom. The van der Waals surface area contributed by atoms with Crippen LogP contribution in [0.2, 0.25) is 0 Å². The number of ether oxygens (including phenoxy) is 4. The molecule has 0 bridgehead atoms. The van der Waals surface area contributed by atoms with Crippen LogP contribution in [0.5, 0.6) is 0 Å². The van der Waals surface area contributed by atoms with Crippen molar-refractivity contribution in [3.8, 4) is 34.0 Å². The molecule has 0 radical (unpaired) electrons. The summed E-state index contributed by atoms with van der Waals surface area (Å²) in [5, 5.41) is 13.4. The van der Waals surface area contributed by atoms with Gasteiger partial charge < -0.3 is 28.6 Å². The van der Waals surface area contributed by atoms with Crippen molar-refractivity contribution >= 4 is 12.3 Å². The lowest BCUT2D eigenvalue weighted by molar-refractivity contribution is -0.214. The third kappa shape index (κ3) is 7.13. The molecule has 4 aromatic rings. The first kappa shape index (κ1) is 30.2. The van der Waals surface area contributed by atoms with Crippen LogP contribution in [-0.2, 0) is 25.5 Å². The largest absolute Gasteiger partial charge is 0.511 e. The number of carbonyl (C=O) groups is 2. The van der Waals surface area contributed by atoms with Crippen molar-refractivity contribution in [1.82, 2.24) is 15.0 Å². The maximum Gasteiger partial charge on any atom is 0.511 e. The lowest BCUT2D eigenvalue weighted by Crippen LogP contribution is -2.50. The number of halogens is 1. The molecule has 45 heavy (non-hydrogen) atoms. The van der Waals surface area contributed by atoms with Gasteiger partial charge in [-0.05, 0) is 23.3 Å². The molecule has 11 nitrogen and oxygen atoms in total. The van der Waals surface area contributed by atoms with E-state index >= 15 is 0 Å². The van der Waals surface area contributed by atoms with Crippen LogP contribution in [0.15, 0.2) is 77.3 Å². The number of likely N-dealkylation sites (tertiary alicyclic amines) is 1. The summed E-state index contributed by atoms with van der Waals surface area (Å²) in [5.74, 6) is -1.40. The summed E-state index contributed by atoms with van der Waals surface area (Å²) in [6, 6.07) is 21.7. The number of rotatable bonds is 9. The van der Waals surface area contributed by atoms with Crippen molar-refractivity contribution in [3.05, 3.63) is 84.2 Å². The van der Waals surface area contributed by atoms with Gasteiger partial charge in [-0.1, -0.05) is 72.7 Å². The number of hydrogen-bond donors (Lipinski definition) is 1. The number of carbonyl (C=O) groups excluding carboxylic acids is 1.